The average molecular weight is 379 g/mol. The second-order valence-electron chi connectivity index (χ2n) is 7.01. The third kappa shape index (κ3) is 4.94. The summed E-state index contributed by atoms with van der Waals surface area (Å²) in [5.41, 5.74) is 0. The zero-order valence-corrected chi connectivity index (χ0v) is 16.6. The van der Waals surface area contributed by atoms with Crippen molar-refractivity contribution in [1.82, 2.24) is 15.3 Å². The second kappa shape index (κ2) is 9.32. The summed E-state index contributed by atoms with van der Waals surface area (Å²) in [6.45, 7) is 6.70. The summed E-state index contributed by atoms with van der Waals surface area (Å²) < 4.78 is 5.04. The van der Waals surface area contributed by atoms with Gasteiger partial charge in [-0.25, -0.2) is 0 Å². The molecule has 1 aromatic rings. The van der Waals surface area contributed by atoms with Gasteiger partial charge in [-0.05, 0) is 51.2 Å². The van der Waals surface area contributed by atoms with Gasteiger partial charge in [0.15, 0.2) is 5.11 Å². The summed E-state index contributed by atoms with van der Waals surface area (Å²) in [5.74, 6) is 2.56. The molecule has 2 N–H and O–H groups in total. The van der Waals surface area contributed by atoms with Gasteiger partial charge in [0.25, 0.3) is 0 Å². The van der Waals surface area contributed by atoms with Crippen molar-refractivity contribution in [2.45, 2.75) is 45.1 Å². The molecule has 1 aromatic heterocycles. The highest BCUT2D eigenvalue weighted by Crippen LogP contribution is 2.28. The maximum Gasteiger partial charge on any atom is 0.232 e. The van der Waals surface area contributed by atoms with Crippen LogP contribution in [0.25, 0.3) is 0 Å². The van der Waals surface area contributed by atoms with E-state index in [0.717, 1.165) is 31.3 Å². The maximum atomic E-state index is 5.37. The summed E-state index contributed by atoms with van der Waals surface area (Å²) in [4.78, 5) is 14.2. The molecule has 0 saturated carbocycles. The van der Waals surface area contributed by atoms with Gasteiger partial charge in [-0.15, -0.1) is 0 Å². The van der Waals surface area contributed by atoms with Crippen molar-refractivity contribution in [1.29, 1.82) is 0 Å². The number of nitrogens with one attached hydrogen (secondary N) is 2. The van der Waals surface area contributed by atoms with E-state index < -0.39 is 0 Å². The van der Waals surface area contributed by atoms with Crippen molar-refractivity contribution in [2.75, 3.05) is 55.0 Å². The molecule has 8 heteroatoms. The van der Waals surface area contributed by atoms with Crippen molar-refractivity contribution in [3.8, 4) is 0 Å². The zero-order valence-electron chi connectivity index (χ0n) is 15.8. The first kappa shape index (κ1) is 19.1. The molecule has 0 aliphatic carbocycles. The van der Waals surface area contributed by atoms with Crippen LogP contribution in [0.3, 0.4) is 0 Å². The molecular formula is C18H30N6OS. The van der Waals surface area contributed by atoms with Crippen LogP contribution in [0.5, 0.6) is 0 Å². The summed E-state index contributed by atoms with van der Waals surface area (Å²) in [5, 5.41) is 6.79. The van der Waals surface area contributed by atoms with Crippen LogP contribution in [0.4, 0.5) is 17.6 Å². The van der Waals surface area contributed by atoms with Gasteiger partial charge in [0.2, 0.25) is 5.95 Å². The predicted molar refractivity (Wildman–Crippen MR) is 110 cm³/mol. The molecule has 7 nitrogen and oxygen atoms in total. The lowest BCUT2D eigenvalue weighted by molar-refractivity contribution is 0.204. The number of rotatable bonds is 6. The molecule has 0 spiro atoms. The van der Waals surface area contributed by atoms with E-state index in [1.807, 2.05) is 0 Å². The molecule has 144 valence electrons. The molecule has 2 saturated heterocycles. The molecule has 3 heterocycles. The standard InChI is InChI=1S/C18H30N6OS/c1-14-7-3-4-11-24(14)16-13-15(23-9-5-6-10-23)20-17(21-16)22-18(26)19-8-12-25-2/h13-14H,3-12H2,1-2H3,(H2,19,20,21,22,26)/t14-/m0/s1. The highest BCUT2D eigenvalue weighted by atomic mass is 32.1. The number of hydrogen-bond acceptors (Lipinski definition) is 6. The number of hydrogen-bond donors (Lipinski definition) is 2. The van der Waals surface area contributed by atoms with Crippen LogP contribution in [0.2, 0.25) is 0 Å². The lowest BCUT2D eigenvalue weighted by Gasteiger charge is -2.35. The fourth-order valence-electron chi connectivity index (χ4n) is 3.58. The van der Waals surface area contributed by atoms with Gasteiger partial charge >= 0.3 is 0 Å². The van der Waals surface area contributed by atoms with Crippen LogP contribution < -0.4 is 20.4 Å². The molecule has 0 aromatic carbocycles. The van der Waals surface area contributed by atoms with E-state index in [0.29, 0.717) is 30.3 Å². The molecule has 0 unspecified atom stereocenters. The van der Waals surface area contributed by atoms with Crippen LogP contribution in [0, 0.1) is 0 Å². The van der Waals surface area contributed by atoms with Gasteiger partial charge in [-0.1, -0.05) is 0 Å². The largest absolute Gasteiger partial charge is 0.383 e. The van der Waals surface area contributed by atoms with Crippen LogP contribution >= 0.6 is 12.2 Å². The highest BCUT2D eigenvalue weighted by Gasteiger charge is 2.23. The normalized spacial score (nSPS) is 20.3. The number of piperidine rings is 1. The van der Waals surface area contributed by atoms with Gasteiger partial charge < -0.3 is 25.2 Å². The zero-order chi connectivity index (χ0) is 18.4. The Morgan fingerprint density at radius 3 is 2.65 bits per heavy atom. The summed E-state index contributed by atoms with van der Waals surface area (Å²) >= 11 is 5.37. The average Bonchev–Trinajstić information content (AvgIpc) is 3.17. The van der Waals surface area contributed by atoms with Crippen LogP contribution in [-0.2, 0) is 4.74 Å². The van der Waals surface area contributed by atoms with Crippen molar-refractivity contribution in [3.05, 3.63) is 6.07 Å². The van der Waals surface area contributed by atoms with Crippen molar-refractivity contribution >= 4 is 34.9 Å². The number of methoxy groups -OCH3 is 1. The first-order valence-electron chi connectivity index (χ1n) is 9.62. The Kier molecular flexibility index (Phi) is 6.85. The lowest BCUT2D eigenvalue weighted by Crippen LogP contribution is -2.38. The lowest BCUT2D eigenvalue weighted by atomic mass is 10.0. The Morgan fingerprint density at radius 1 is 1.19 bits per heavy atom. The molecule has 3 rings (SSSR count). The molecule has 0 amide bonds. The Labute approximate surface area is 161 Å². The minimum absolute atomic E-state index is 0.504. The topological polar surface area (TPSA) is 65.6 Å². The minimum Gasteiger partial charge on any atom is -0.383 e. The van der Waals surface area contributed by atoms with E-state index in [2.05, 4.69) is 33.4 Å². The number of aromatic nitrogens is 2. The van der Waals surface area contributed by atoms with Gasteiger partial charge in [0.1, 0.15) is 11.6 Å². The van der Waals surface area contributed by atoms with Gasteiger partial charge in [-0.2, -0.15) is 9.97 Å². The van der Waals surface area contributed by atoms with Crippen molar-refractivity contribution in [2.24, 2.45) is 0 Å². The third-order valence-corrected chi connectivity index (χ3v) is 5.29. The fraction of sp³-hybridized carbons (Fsp3) is 0.722. The SMILES string of the molecule is COCCNC(=S)Nc1nc(N2CCCC2)cc(N2CCCC[C@@H]2C)n1. The second-order valence-corrected chi connectivity index (χ2v) is 7.42. The van der Waals surface area contributed by atoms with Gasteiger partial charge in [-0.3, -0.25) is 0 Å². The Hall–Kier alpha value is -1.67. The molecule has 1 atom stereocenters. The molecule has 2 aliphatic rings. The fourth-order valence-corrected chi connectivity index (χ4v) is 3.78. The van der Waals surface area contributed by atoms with E-state index in [1.165, 1.54) is 32.1 Å². The third-order valence-electron chi connectivity index (χ3n) is 5.04. The van der Waals surface area contributed by atoms with Crippen LogP contribution in [0.1, 0.15) is 39.0 Å². The molecular weight excluding hydrogens is 348 g/mol. The van der Waals surface area contributed by atoms with Crippen LogP contribution in [0.15, 0.2) is 6.07 Å². The molecule has 0 bridgehead atoms. The summed E-state index contributed by atoms with van der Waals surface area (Å²) in [6, 6.07) is 2.64. The predicted octanol–water partition coefficient (Wildman–Crippen LogP) is 2.39. The van der Waals surface area contributed by atoms with E-state index in [-0.39, 0.29) is 0 Å². The number of thiocarbonyl (C=S) groups is 1. The Morgan fingerprint density at radius 2 is 1.92 bits per heavy atom. The molecule has 26 heavy (non-hydrogen) atoms. The first-order valence-corrected chi connectivity index (χ1v) is 10.0. The monoisotopic (exact) mass is 378 g/mol. The first-order chi connectivity index (χ1) is 12.7. The Bertz CT molecular complexity index is 607. The minimum atomic E-state index is 0.504. The maximum absolute atomic E-state index is 5.37. The number of nitrogens with zero attached hydrogens (tertiary/aromatic N) is 4. The summed E-state index contributed by atoms with van der Waals surface area (Å²) in [6.07, 6.45) is 6.16. The Balaban J connectivity index is 1.79. The molecule has 0 radical (unpaired) electrons. The van der Waals surface area contributed by atoms with E-state index >= 15 is 0 Å². The quantitative estimate of drug-likeness (QED) is 0.578. The van der Waals surface area contributed by atoms with Gasteiger partial charge in [0.05, 0.1) is 6.61 Å². The van der Waals surface area contributed by atoms with E-state index in [1.54, 1.807) is 7.11 Å². The molecule has 2 fully saturated rings. The van der Waals surface area contributed by atoms with Crippen molar-refractivity contribution < 1.29 is 4.74 Å². The number of anilines is 3. The highest BCUT2D eigenvalue weighted by molar-refractivity contribution is 7.80. The molecule has 2 aliphatic heterocycles. The van der Waals surface area contributed by atoms with E-state index in [9.17, 15) is 0 Å². The van der Waals surface area contributed by atoms with Crippen LogP contribution in [-0.4, -0.2) is 61.0 Å². The van der Waals surface area contributed by atoms with E-state index in [4.69, 9.17) is 26.9 Å². The van der Waals surface area contributed by atoms with Crippen molar-refractivity contribution in [3.63, 3.8) is 0 Å². The summed E-state index contributed by atoms with van der Waals surface area (Å²) in [7, 11) is 1.67. The number of ether oxygens (including phenoxy) is 1. The van der Waals surface area contributed by atoms with Gasteiger partial charge in [0, 0.05) is 45.4 Å². The smallest absolute Gasteiger partial charge is 0.232 e.